The largest absolute Gasteiger partial charge is 0.416 e. The van der Waals surface area contributed by atoms with E-state index in [9.17, 15) is 22.8 Å². The van der Waals surface area contributed by atoms with Gasteiger partial charge >= 0.3 is 11.9 Å². The number of nitrogens with one attached hydrogen (secondary N) is 1. The fourth-order valence-electron chi connectivity index (χ4n) is 2.94. The summed E-state index contributed by atoms with van der Waals surface area (Å²) < 4.78 is 41.6. The van der Waals surface area contributed by atoms with Crippen LogP contribution in [0.4, 0.5) is 13.2 Å². The van der Waals surface area contributed by atoms with Gasteiger partial charge < -0.3 is 5.32 Å². The van der Waals surface area contributed by atoms with E-state index in [0.717, 1.165) is 16.8 Å². The number of benzene rings is 1. The van der Waals surface area contributed by atoms with Crippen LogP contribution in [0.1, 0.15) is 25.0 Å². The van der Waals surface area contributed by atoms with Gasteiger partial charge in [-0.1, -0.05) is 37.6 Å². The Balaban J connectivity index is 1.76. The molecule has 0 aliphatic heterocycles. The molecule has 1 N–H and O–H groups in total. The molecular formula is C20H20ClF3N4O2S. The molecule has 3 aromatic rings. The highest BCUT2D eigenvalue weighted by atomic mass is 35.5. The van der Waals surface area contributed by atoms with Gasteiger partial charge in [-0.05, 0) is 35.7 Å². The Hall–Kier alpha value is -2.59. The molecule has 0 spiro atoms. The first-order valence-corrected chi connectivity index (χ1v) is 10.6. The summed E-state index contributed by atoms with van der Waals surface area (Å²) in [6, 6.07) is 8.15. The monoisotopic (exact) mass is 472 g/mol. The average Bonchev–Trinajstić information content (AvgIpc) is 3.24. The number of thiophene rings is 1. The zero-order valence-corrected chi connectivity index (χ0v) is 18.3. The first-order valence-electron chi connectivity index (χ1n) is 9.40. The van der Waals surface area contributed by atoms with Crippen LogP contribution in [0, 0.1) is 5.92 Å². The molecule has 31 heavy (non-hydrogen) atoms. The Morgan fingerprint density at radius 2 is 2.00 bits per heavy atom. The van der Waals surface area contributed by atoms with Crippen molar-refractivity contribution in [2.24, 2.45) is 5.92 Å². The van der Waals surface area contributed by atoms with E-state index >= 15 is 0 Å². The van der Waals surface area contributed by atoms with E-state index in [1.165, 1.54) is 28.0 Å². The molecule has 2 heterocycles. The molecule has 0 aliphatic rings. The molecule has 166 valence electrons. The van der Waals surface area contributed by atoms with Crippen molar-refractivity contribution in [1.82, 2.24) is 19.7 Å². The topological polar surface area (TPSA) is 68.9 Å². The minimum atomic E-state index is -4.46. The molecule has 11 heteroatoms. The van der Waals surface area contributed by atoms with Crippen molar-refractivity contribution in [2.45, 2.75) is 39.7 Å². The third-order valence-corrected chi connectivity index (χ3v) is 5.53. The molecule has 0 atom stereocenters. The highest BCUT2D eigenvalue weighted by Crippen LogP contribution is 2.30. The van der Waals surface area contributed by atoms with Crippen molar-refractivity contribution in [3.63, 3.8) is 0 Å². The number of alkyl halides is 3. The van der Waals surface area contributed by atoms with E-state index in [1.54, 1.807) is 12.1 Å². The summed E-state index contributed by atoms with van der Waals surface area (Å²) in [5, 5.41) is 6.83. The van der Waals surface area contributed by atoms with Gasteiger partial charge in [0.1, 0.15) is 6.54 Å². The van der Waals surface area contributed by atoms with E-state index in [2.05, 4.69) is 10.4 Å². The van der Waals surface area contributed by atoms with Gasteiger partial charge in [0.15, 0.2) is 5.82 Å². The number of carbonyl (C=O) groups excluding carboxylic acids is 1. The minimum absolute atomic E-state index is 0.0996. The van der Waals surface area contributed by atoms with Crippen LogP contribution in [-0.2, 0) is 30.6 Å². The van der Waals surface area contributed by atoms with Crippen LogP contribution < -0.4 is 11.0 Å². The fraction of sp³-hybridized carbons (Fsp3) is 0.350. The molecule has 0 saturated heterocycles. The highest BCUT2D eigenvalue weighted by molar-refractivity contribution is 7.19. The number of amides is 1. The van der Waals surface area contributed by atoms with Crippen molar-refractivity contribution in [1.29, 1.82) is 0 Å². The molecule has 0 bridgehead atoms. The molecule has 6 nitrogen and oxygen atoms in total. The van der Waals surface area contributed by atoms with Gasteiger partial charge in [0.25, 0.3) is 0 Å². The van der Waals surface area contributed by atoms with Crippen molar-refractivity contribution in [3.05, 3.63) is 62.3 Å². The molecule has 0 fully saturated rings. The average molecular weight is 473 g/mol. The maximum Gasteiger partial charge on any atom is 0.416 e. The van der Waals surface area contributed by atoms with E-state index in [4.69, 9.17) is 11.6 Å². The van der Waals surface area contributed by atoms with Crippen LogP contribution in [-0.4, -0.2) is 20.3 Å². The molecule has 2 aromatic heterocycles. The summed E-state index contributed by atoms with van der Waals surface area (Å²) in [6.07, 6.45) is -4.46. The number of rotatable bonds is 7. The quantitative estimate of drug-likeness (QED) is 0.553. The first-order chi connectivity index (χ1) is 14.5. The summed E-state index contributed by atoms with van der Waals surface area (Å²) in [5.74, 6) is 0.0463. The second-order valence-electron chi connectivity index (χ2n) is 7.35. The lowest BCUT2D eigenvalue weighted by molar-refractivity contribution is -0.137. The third kappa shape index (κ3) is 5.76. The lowest BCUT2D eigenvalue weighted by atomic mass is 10.1. The van der Waals surface area contributed by atoms with Crippen LogP contribution in [0.2, 0.25) is 4.34 Å². The third-order valence-electron chi connectivity index (χ3n) is 4.30. The minimum Gasteiger partial charge on any atom is -0.350 e. The smallest absolute Gasteiger partial charge is 0.350 e. The molecule has 0 aliphatic carbocycles. The predicted octanol–water partition coefficient (Wildman–Crippen LogP) is 4.42. The normalized spacial score (nSPS) is 11.8. The van der Waals surface area contributed by atoms with Crippen LogP contribution in [0.25, 0.3) is 10.7 Å². The number of carbonyl (C=O) groups is 1. The van der Waals surface area contributed by atoms with Gasteiger partial charge in [0.05, 0.1) is 14.8 Å². The molecular weight excluding hydrogens is 453 g/mol. The summed E-state index contributed by atoms with van der Waals surface area (Å²) in [5.41, 5.74) is -0.931. The number of aromatic nitrogens is 3. The zero-order valence-electron chi connectivity index (χ0n) is 16.7. The van der Waals surface area contributed by atoms with Crippen molar-refractivity contribution in [3.8, 4) is 10.7 Å². The summed E-state index contributed by atoms with van der Waals surface area (Å²) in [6.45, 7) is 3.87. The lowest BCUT2D eigenvalue weighted by Gasteiger charge is -2.09. The fourth-order valence-corrected chi connectivity index (χ4v) is 3.98. The van der Waals surface area contributed by atoms with Crippen LogP contribution in [0.3, 0.4) is 0 Å². The van der Waals surface area contributed by atoms with Gasteiger partial charge in [0.2, 0.25) is 5.91 Å². The van der Waals surface area contributed by atoms with Crippen LogP contribution in [0.15, 0.2) is 41.2 Å². The first kappa shape index (κ1) is 23.1. The Labute approximate surface area is 185 Å². The lowest BCUT2D eigenvalue weighted by Crippen LogP contribution is -2.34. The standard InChI is InChI=1S/C20H20ClF3N4O2S/c1-12(2)10-27-18(15-6-7-16(21)31-15)26-28(19(27)30)11-17(29)25-9-13-4-3-5-14(8-13)20(22,23)24/h3-8,12H,9-11H2,1-2H3,(H,25,29). The van der Waals surface area contributed by atoms with Gasteiger partial charge in [-0.25, -0.2) is 9.48 Å². The number of hydrogen-bond acceptors (Lipinski definition) is 4. The van der Waals surface area contributed by atoms with Crippen molar-refractivity contribution >= 4 is 28.8 Å². The number of hydrogen-bond donors (Lipinski definition) is 1. The molecule has 0 unspecified atom stereocenters. The molecule has 1 amide bonds. The van der Waals surface area contributed by atoms with E-state index < -0.39 is 23.3 Å². The molecule has 3 rings (SSSR count). The maximum absolute atomic E-state index is 12.8. The van der Waals surface area contributed by atoms with Gasteiger partial charge in [-0.15, -0.1) is 16.4 Å². The van der Waals surface area contributed by atoms with Crippen LogP contribution >= 0.6 is 22.9 Å². The number of halogens is 4. The summed E-state index contributed by atoms with van der Waals surface area (Å²) in [4.78, 5) is 25.8. The van der Waals surface area contributed by atoms with E-state index in [-0.39, 0.29) is 19.0 Å². The Bertz CT molecular complexity index is 1130. The number of nitrogens with zero attached hydrogens (tertiary/aromatic N) is 3. The van der Waals surface area contributed by atoms with Crippen molar-refractivity contribution in [2.75, 3.05) is 0 Å². The Morgan fingerprint density at radius 1 is 1.26 bits per heavy atom. The van der Waals surface area contributed by atoms with E-state index in [0.29, 0.717) is 27.1 Å². The Kier molecular flexibility index (Phi) is 6.90. The predicted molar refractivity (Wildman–Crippen MR) is 113 cm³/mol. The SMILES string of the molecule is CC(C)Cn1c(-c2ccc(Cl)s2)nn(CC(=O)NCc2cccc(C(F)(F)F)c2)c1=O. The summed E-state index contributed by atoms with van der Waals surface area (Å²) in [7, 11) is 0. The van der Waals surface area contributed by atoms with E-state index in [1.807, 2.05) is 13.8 Å². The molecule has 0 saturated carbocycles. The maximum atomic E-state index is 12.8. The van der Waals surface area contributed by atoms with Gasteiger partial charge in [-0.3, -0.25) is 9.36 Å². The van der Waals surface area contributed by atoms with Crippen molar-refractivity contribution < 1.29 is 18.0 Å². The zero-order chi connectivity index (χ0) is 22.8. The second kappa shape index (κ2) is 9.27. The second-order valence-corrected chi connectivity index (χ2v) is 9.06. The van der Waals surface area contributed by atoms with Crippen LogP contribution in [0.5, 0.6) is 0 Å². The Morgan fingerprint density at radius 3 is 2.61 bits per heavy atom. The van der Waals surface area contributed by atoms with Gasteiger partial charge in [-0.2, -0.15) is 13.2 Å². The molecule has 1 aromatic carbocycles. The summed E-state index contributed by atoms with van der Waals surface area (Å²) >= 11 is 7.27. The molecule has 0 radical (unpaired) electrons. The highest BCUT2D eigenvalue weighted by Gasteiger charge is 2.30. The van der Waals surface area contributed by atoms with Gasteiger partial charge in [0, 0.05) is 13.1 Å².